The van der Waals surface area contributed by atoms with E-state index in [2.05, 4.69) is 5.32 Å². The van der Waals surface area contributed by atoms with Gasteiger partial charge in [-0.15, -0.1) is 0 Å². The van der Waals surface area contributed by atoms with Crippen molar-refractivity contribution in [3.05, 3.63) is 28.8 Å². The predicted molar refractivity (Wildman–Crippen MR) is 80.0 cm³/mol. The molecule has 1 aromatic carbocycles. The number of amides is 1. The molecule has 0 saturated heterocycles. The average Bonchev–Trinajstić information content (AvgIpc) is 2.93. The molecule has 3 nitrogen and oxygen atoms in total. The van der Waals surface area contributed by atoms with E-state index in [9.17, 15) is 18.0 Å². The first-order chi connectivity index (χ1) is 10.3. The molecule has 0 aliphatic heterocycles. The molecular formula is C15H18ClF3N2O. The van der Waals surface area contributed by atoms with Gasteiger partial charge in [-0.3, -0.25) is 9.69 Å². The molecule has 0 aromatic heterocycles. The number of benzene rings is 1. The maximum absolute atomic E-state index is 13.0. The molecular weight excluding hydrogens is 317 g/mol. The topological polar surface area (TPSA) is 32.3 Å². The second kappa shape index (κ2) is 6.87. The number of alkyl halides is 3. The standard InChI is InChI=1S/C15H18ClF3N2O/c1-21(11-4-2-3-5-11)9-14(22)20-13-7-6-10(16)8-12(13)15(17,18)19/h6-8,11H,2-5,9H2,1H3,(H,20,22). The summed E-state index contributed by atoms with van der Waals surface area (Å²) in [6.45, 7) is 0.0740. The molecule has 1 fully saturated rings. The van der Waals surface area contributed by atoms with Crippen LogP contribution in [0.4, 0.5) is 18.9 Å². The third kappa shape index (κ3) is 4.36. The largest absolute Gasteiger partial charge is 0.418 e. The Balaban J connectivity index is 2.05. The van der Waals surface area contributed by atoms with Gasteiger partial charge in [0.25, 0.3) is 0 Å². The Morgan fingerprint density at radius 3 is 2.59 bits per heavy atom. The van der Waals surface area contributed by atoms with Crippen molar-refractivity contribution < 1.29 is 18.0 Å². The summed E-state index contributed by atoms with van der Waals surface area (Å²) in [6, 6.07) is 3.65. The summed E-state index contributed by atoms with van der Waals surface area (Å²) >= 11 is 5.61. The Bertz CT molecular complexity index is 542. The molecule has 1 N–H and O–H groups in total. The first kappa shape index (κ1) is 17.1. The molecule has 0 heterocycles. The summed E-state index contributed by atoms with van der Waals surface area (Å²) in [5.74, 6) is -0.456. The number of nitrogens with one attached hydrogen (secondary N) is 1. The highest BCUT2D eigenvalue weighted by atomic mass is 35.5. The van der Waals surface area contributed by atoms with E-state index >= 15 is 0 Å². The third-order valence-corrected chi connectivity index (χ3v) is 4.14. The highest BCUT2D eigenvalue weighted by Gasteiger charge is 2.34. The maximum Gasteiger partial charge on any atom is 0.418 e. The van der Waals surface area contributed by atoms with Gasteiger partial charge in [0.1, 0.15) is 0 Å². The van der Waals surface area contributed by atoms with Crippen LogP contribution in [0.2, 0.25) is 5.02 Å². The lowest BCUT2D eigenvalue weighted by Gasteiger charge is -2.23. The highest BCUT2D eigenvalue weighted by Crippen LogP contribution is 2.36. The Hall–Kier alpha value is -1.27. The third-order valence-electron chi connectivity index (χ3n) is 3.90. The van der Waals surface area contributed by atoms with Crippen molar-refractivity contribution in [1.29, 1.82) is 0 Å². The molecule has 1 aliphatic rings. The van der Waals surface area contributed by atoms with Crippen molar-refractivity contribution in [2.45, 2.75) is 37.9 Å². The van der Waals surface area contributed by atoms with Gasteiger partial charge in [-0.05, 0) is 38.1 Å². The Kier molecular flexibility index (Phi) is 5.34. The van der Waals surface area contributed by atoms with E-state index in [1.807, 2.05) is 11.9 Å². The number of likely N-dealkylation sites (N-methyl/N-ethyl adjacent to an activating group) is 1. The van der Waals surface area contributed by atoms with Crippen molar-refractivity contribution >= 4 is 23.2 Å². The van der Waals surface area contributed by atoms with Crippen LogP contribution >= 0.6 is 11.6 Å². The lowest BCUT2D eigenvalue weighted by molar-refractivity contribution is -0.137. The number of anilines is 1. The monoisotopic (exact) mass is 334 g/mol. The highest BCUT2D eigenvalue weighted by molar-refractivity contribution is 6.30. The van der Waals surface area contributed by atoms with Crippen molar-refractivity contribution in [2.75, 3.05) is 18.9 Å². The fourth-order valence-electron chi connectivity index (χ4n) is 2.75. The van der Waals surface area contributed by atoms with Gasteiger partial charge in [0.2, 0.25) is 5.91 Å². The minimum absolute atomic E-state index is 0.0200. The number of nitrogens with zero attached hydrogens (tertiary/aromatic N) is 1. The van der Waals surface area contributed by atoms with Gasteiger partial charge >= 0.3 is 6.18 Å². The fourth-order valence-corrected chi connectivity index (χ4v) is 2.92. The Morgan fingerprint density at radius 1 is 1.36 bits per heavy atom. The zero-order valence-corrected chi connectivity index (χ0v) is 13.0. The number of hydrogen-bond acceptors (Lipinski definition) is 2. The Labute approximate surface area is 132 Å². The molecule has 0 unspecified atom stereocenters. The molecule has 1 saturated carbocycles. The van der Waals surface area contributed by atoms with E-state index in [1.165, 1.54) is 12.1 Å². The van der Waals surface area contributed by atoms with Crippen LogP contribution in [0.25, 0.3) is 0 Å². The summed E-state index contributed by atoms with van der Waals surface area (Å²) < 4.78 is 38.9. The number of halogens is 4. The molecule has 122 valence electrons. The minimum Gasteiger partial charge on any atom is -0.324 e. The second-order valence-corrected chi connectivity index (χ2v) is 6.03. The Morgan fingerprint density at radius 2 is 2.00 bits per heavy atom. The van der Waals surface area contributed by atoms with Crippen LogP contribution in [0.3, 0.4) is 0 Å². The molecule has 7 heteroatoms. The van der Waals surface area contributed by atoms with Gasteiger partial charge in [0, 0.05) is 11.1 Å². The normalized spacial score (nSPS) is 16.3. The lowest BCUT2D eigenvalue weighted by Crippen LogP contribution is -2.36. The van der Waals surface area contributed by atoms with Gasteiger partial charge < -0.3 is 5.32 Å². The summed E-state index contributed by atoms with van der Waals surface area (Å²) in [7, 11) is 1.82. The van der Waals surface area contributed by atoms with Crippen LogP contribution in [0.1, 0.15) is 31.2 Å². The van der Waals surface area contributed by atoms with Crippen LogP contribution in [-0.2, 0) is 11.0 Å². The fraction of sp³-hybridized carbons (Fsp3) is 0.533. The molecule has 1 aliphatic carbocycles. The molecule has 0 atom stereocenters. The van der Waals surface area contributed by atoms with Crippen LogP contribution in [0, 0.1) is 0 Å². The first-order valence-electron chi connectivity index (χ1n) is 7.14. The van der Waals surface area contributed by atoms with E-state index in [1.54, 1.807) is 0 Å². The van der Waals surface area contributed by atoms with Crippen molar-refractivity contribution in [1.82, 2.24) is 4.90 Å². The van der Waals surface area contributed by atoms with Crippen LogP contribution in [0.15, 0.2) is 18.2 Å². The number of hydrogen-bond donors (Lipinski definition) is 1. The second-order valence-electron chi connectivity index (χ2n) is 5.59. The molecule has 0 spiro atoms. The van der Waals surface area contributed by atoms with Crippen LogP contribution in [0.5, 0.6) is 0 Å². The molecule has 1 amide bonds. The van der Waals surface area contributed by atoms with Crippen molar-refractivity contribution in [3.63, 3.8) is 0 Å². The summed E-state index contributed by atoms with van der Waals surface area (Å²) in [5.41, 5.74) is -1.20. The summed E-state index contributed by atoms with van der Waals surface area (Å²) in [5, 5.41) is 2.32. The van der Waals surface area contributed by atoms with E-state index < -0.39 is 17.6 Å². The predicted octanol–water partition coefficient (Wildman–Crippen LogP) is 4.17. The summed E-state index contributed by atoms with van der Waals surface area (Å²) in [6.07, 6.45) is -0.250. The van der Waals surface area contributed by atoms with E-state index in [0.717, 1.165) is 31.7 Å². The number of carbonyl (C=O) groups is 1. The molecule has 2 rings (SSSR count). The quantitative estimate of drug-likeness (QED) is 0.896. The van der Waals surface area contributed by atoms with Gasteiger partial charge in [-0.2, -0.15) is 13.2 Å². The first-order valence-corrected chi connectivity index (χ1v) is 7.52. The van der Waals surface area contributed by atoms with E-state index in [0.29, 0.717) is 6.04 Å². The lowest BCUT2D eigenvalue weighted by atomic mass is 10.1. The zero-order valence-electron chi connectivity index (χ0n) is 12.2. The van der Waals surface area contributed by atoms with Crippen LogP contribution < -0.4 is 5.32 Å². The van der Waals surface area contributed by atoms with E-state index in [-0.39, 0.29) is 17.3 Å². The molecule has 0 radical (unpaired) electrons. The van der Waals surface area contributed by atoms with Crippen LogP contribution in [-0.4, -0.2) is 30.4 Å². The molecule has 0 bridgehead atoms. The number of rotatable bonds is 4. The van der Waals surface area contributed by atoms with Gasteiger partial charge in [0.15, 0.2) is 0 Å². The molecule has 1 aromatic rings. The minimum atomic E-state index is -4.56. The maximum atomic E-state index is 13.0. The summed E-state index contributed by atoms with van der Waals surface area (Å²) in [4.78, 5) is 13.9. The molecule has 22 heavy (non-hydrogen) atoms. The van der Waals surface area contributed by atoms with Gasteiger partial charge in [-0.1, -0.05) is 24.4 Å². The SMILES string of the molecule is CN(CC(=O)Nc1ccc(Cl)cc1C(F)(F)F)C1CCCC1. The van der Waals surface area contributed by atoms with Gasteiger partial charge in [0.05, 0.1) is 17.8 Å². The number of carbonyl (C=O) groups excluding carboxylic acids is 1. The van der Waals surface area contributed by atoms with Crippen molar-refractivity contribution in [2.24, 2.45) is 0 Å². The van der Waals surface area contributed by atoms with Gasteiger partial charge in [-0.25, -0.2) is 0 Å². The zero-order chi connectivity index (χ0) is 16.3. The van der Waals surface area contributed by atoms with E-state index in [4.69, 9.17) is 11.6 Å². The average molecular weight is 335 g/mol. The van der Waals surface area contributed by atoms with Crippen molar-refractivity contribution in [3.8, 4) is 0 Å². The smallest absolute Gasteiger partial charge is 0.324 e.